The Morgan fingerprint density at radius 2 is 2.16 bits per heavy atom. The zero-order chi connectivity index (χ0) is 14.3. The summed E-state index contributed by atoms with van der Waals surface area (Å²) in [6.07, 6.45) is 2.26. The molecule has 6 heteroatoms. The first-order valence-electron chi connectivity index (χ1n) is 6.86. The van der Waals surface area contributed by atoms with Gasteiger partial charge in [0, 0.05) is 13.1 Å². The number of carbonyl (C=O) groups excluding carboxylic acids is 2. The van der Waals surface area contributed by atoms with Crippen LogP contribution in [0.3, 0.4) is 0 Å². The largest absolute Gasteiger partial charge is 0.444 e. The molecular weight excluding hydrogens is 246 g/mol. The number of hydrogen-bond acceptors (Lipinski definition) is 4. The van der Waals surface area contributed by atoms with Gasteiger partial charge in [0.05, 0.1) is 6.04 Å². The van der Waals surface area contributed by atoms with Crippen molar-refractivity contribution in [3.05, 3.63) is 0 Å². The van der Waals surface area contributed by atoms with E-state index in [0.29, 0.717) is 13.1 Å². The second-order valence-corrected chi connectivity index (χ2v) is 5.72. The Labute approximate surface area is 114 Å². The van der Waals surface area contributed by atoms with Crippen molar-refractivity contribution in [3.8, 4) is 0 Å². The van der Waals surface area contributed by atoms with Crippen molar-refractivity contribution in [1.82, 2.24) is 16.0 Å². The quantitative estimate of drug-likeness (QED) is 0.645. The normalized spacial score (nSPS) is 19.7. The standard InChI is InChI=1S/C13H25N3O3/c1-13(2,3)19-12(18)16-9-5-8-14-10-6-4-7-15-11(10)17/h10,14H,4-9H2,1-3H3,(H,15,17)(H,16,18). The minimum atomic E-state index is -0.470. The molecule has 1 atom stereocenters. The van der Waals surface area contributed by atoms with Crippen LogP contribution >= 0.6 is 0 Å². The van der Waals surface area contributed by atoms with Gasteiger partial charge in [-0.15, -0.1) is 0 Å². The summed E-state index contributed by atoms with van der Waals surface area (Å²) in [5, 5.41) is 8.70. The van der Waals surface area contributed by atoms with Crippen molar-refractivity contribution in [3.63, 3.8) is 0 Å². The average Bonchev–Trinajstić information content (AvgIpc) is 2.28. The van der Waals surface area contributed by atoms with Crippen molar-refractivity contribution in [2.75, 3.05) is 19.6 Å². The van der Waals surface area contributed by atoms with Crippen LogP contribution in [-0.4, -0.2) is 43.3 Å². The van der Waals surface area contributed by atoms with Gasteiger partial charge < -0.3 is 20.7 Å². The Morgan fingerprint density at radius 1 is 1.42 bits per heavy atom. The molecule has 6 nitrogen and oxygen atoms in total. The number of amides is 2. The summed E-state index contributed by atoms with van der Waals surface area (Å²) in [7, 11) is 0. The maximum atomic E-state index is 11.5. The molecule has 2 amide bonds. The van der Waals surface area contributed by atoms with E-state index in [2.05, 4.69) is 16.0 Å². The van der Waals surface area contributed by atoms with Crippen LogP contribution in [-0.2, 0) is 9.53 Å². The Hall–Kier alpha value is -1.30. The summed E-state index contributed by atoms with van der Waals surface area (Å²) < 4.78 is 5.12. The van der Waals surface area contributed by atoms with Gasteiger partial charge >= 0.3 is 6.09 Å². The Kier molecular flexibility index (Phi) is 6.08. The van der Waals surface area contributed by atoms with Crippen molar-refractivity contribution >= 4 is 12.0 Å². The number of rotatable bonds is 5. The highest BCUT2D eigenvalue weighted by Gasteiger charge is 2.20. The fourth-order valence-electron chi connectivity index (χ4n) is 1.84. The van der Waals surface area contributed by atoms with Gasteiger partial charge in [-0.2, -0.15) is 0 Å². The first-order chi connectivity index (χ1) is 8.88. The van der Waals surface area contributed by atoms with Gasteiger partial charge in [0.15, 0.2) is 0 Å². The second kappa shape index (κ2) is 7.33. The molecule has 110 valence electrons. The SMILES string of the molecule is CC(C)(C)OC(=O)NCCCNC1CCCNC1=O. The maximum Gasteiger partial charge on any atom is 0.407 e. The van der Waals surface area contributed by atoms with E-state index in [9.17, 15) is 9.59 Å². The lowest BCUT2D eigenvalue weighted by Gasteiger charge is -2.23. The third kappa shape index (κ3) is 7.00. The van der Waals surface area contributed by atoms with Crippen LogP contribution in [0.1, 0.15) is 40.0 Å². The molecule has 0 spiro atoms. The van der Waals surface area contributed by atoms with Crippen LogP contribution in [0.5, 0.6) is 0 Å². The number of ether oxygens (including phenoxy) is 1. The molecule has 0 saturated carbocycles. The number of carbonyl (C=O) groups is 2. The van der Waals surface area contributed by atoms with Crippen LogP contribution < -0.4 is 16.0 Å². The van der Waals surface area contributed by atoms with Crippen molar-refractivity contribution in [2.24, 2.45) is 0 Å². The van der Waals surface area contributed by atoms with Gasteiger partial charge in [0.2, 0.25) is 5.91 Å². The van der Waals surface area contributed by atoms with Gasteiger partial charge in [-0.25, -0.2) is 4.79 Å². The predicted octanol–water partition coefficient (Wildman–Crippen LogP) is 0.769. The van der Waals surface area contributed by atoms with Gasteiger partial charge in [-0.1, -0.05) is 0 Å². The van der Waals surface area contributed by atoms with Gasteiger partial charge in [-0.05, 0) is 46.6 Å². The van der Waals surface area contributed by atoms with E-state index in [4.69, 9.17) is 4.74 Å². The third-order valence-electron chi connectivity index (χ3n) is 2.70. The van der Waals surface area contributed by atoms with E-state index < -0.39 is 11.7 Å². The Balaban J connectivity index is 2.05. The Morgan fingerprint density at radius 3 is 2.79 bits per heavy atom. The van der Waals surface area contributed by atoms with Gasteiger partial charge in [-0.3, -0.25) is 4.79 Å². The fraction of sp³-hybridized carbons (Fsp3) is 0.846. The van der Waals surface area contributed by atoms with Gasteiger partial charge in [0.1, 0.15) is 5.60 Å². The van der Waals surface area contributed by atoms with E-state index in [1.807, 2.05) is 20.8 Å². The van der Waals surface area contributed by atoms with Crippen LogP contribution in [0.15, 0.2) is 0 Å². The van der Waals surface area contributed by atoms with Crippen molar-refractivity contribution in [1.29, 1.82) is 0 Å². The molecule has 1 aliphatic rings. The molecule has 19 heavy (non-hydrogen) atoms. The third-order valence-corrected chi connectivity index (χ3v) is 2.70. The van der Waals surface area contributed by atoms with E-state index in [0.717, 1.165) is 25.8 Å². The summed E-state index contributed by atoms with van der Waals surface area (Å²) in [6.45, 7) is 7.50. The van der Waals surface area contributed by atoms with Crippen LogP contribution in [0.25, 0.3) is 0 Å². The molecule has 1 heterocycles. The summed E-state index contributed by atoms with van der Waals surface area (Å²) in [5.74, 6) is 0.0753. The Bertz CT molecular complexity index is 313. The lowest BCUT2D eigenvalue weighted by atomic mass is 10.1. The molecule has 1 rings (SSSR count). The maximum absolute atomic E-state index is 11.5. The van der Waals surface area contributed by atoms with Crippen LogP contribution in [0.2, 0.25) is 0 Å². The summed E-state index contributed by atoms with van der Waals surface area (Å²) >= 11 is 0. The van der Waals surface area contributed by atoms with Crippen LogP contribution in [0.4, 0.5) is 4.79 Å². The number of hydrogen-bond donors (Lipinski definition) is 3. The molecule has 1 fully saturated rings. The highest BCUT2D eigenvalue weighted by Crippen LogP contribution is 2.06. The topological polar surface area (TPSA) is 79.5 Å². The van der Waals surface area contributed by atoms with Crippen molar-refractivity contribution < 1.29 is 14.3 Å². The summed E-state index contributed by atoms with van der Waals surface area (Å²) in [6, 6.07) is -0.0877. The predicted molar refractivity (Wildman–Crippen MR) is 72.9 cm³/mol. The molecule has 0 radical (unpaired) electrons. The molecule has 1 unspecified atom stereocenters. The molecular formula is C13H25N3O3. The second-order valence-electron chi connectivity index (χ2n) is 5.72. The number of alkyl carbamates (subject to hydrolysis) is 1. The number of nitrogens with one attached hydrogen (secondary N) is 3. The zero-order valence-electron chi connectivity index (χ0n) is 12.0. The molecule has 0 aromatic carbocycles. The van der Waals surface area contributed by atoms with E-state index >= 15 is 0 Å². The van der Waals surface area contributed by atoms with E-state index in [1.165, 1.54) is 0 Å². The smallest absolute Gasteiger partial charge is 0.407 e. The molecule has 3 N–H and O–H groups in total. The monoisotopic (exact) mass is 271 g/mol. The van der Waals surface area contributed by atoms with E-state index in [1.54, 1.807) is 0 Å². The molecule has 0 aromatic heterocycles. The summed E-state index contributed by atoms with van der Waals surface area (Å²) in [5.41, 5.74) is -0.470. The molecule has 0 aliphatic carbocycles. The minimum absolute atomic E-state index is 0.0753. The lowest BCUT2D eigenvalue weighted by molar-refractivity contribution is -0.124. The van der Waals surface area contributed by atoms with Crippen LogP contribution in [0, 0.1) is 0 Å². The van der Waals surface area contributed by atoms with E-state index in [-0.39, 0.29) is 11.9 Å². The highest BCUT2D eigenvalue weighted by atomic mass is 16.6. The molecule has 1 aliphatic heterocycles. The number of piperidine rings is 1. The highest BCUT2D eigenvalue weighted by molar-refractivity contribution is 5.82. The molecule has 0 bridgehead atoms. The first-order valence-corrected chi connectivity index (χ1v) is 6.86. The zero-order valence-corrected chi connectivity index (χ0v) is 12.0. The first kappa shape index (κ1) is 15.8. The van der Waals surface area contributed by atoms with Crippen molar-refractivity contribution in [2.45, 2.75) is 51.7 Å². The minimum Gasteiger partial charge on any atom is -0.444 e. The lowest BCUT2D eigenvalue weighted by Crippen LogP contribution is -2.48. The molecule has 0 aromatic rings. The van der Waals surface area contributed by atoms with Gasteiger partial charge in [0.25, 0.3) is 0 Å². The fourth-order valence-corrected chi connectivity index (χ4v) is 1.84. The molecule has 1 saturated heterocycles. The summed E-state index contributed by atoms with van der Waals surface area (Å²) in [4.78, 5) is 22.8. The average molecular weight is 271 g/mol.